The van der Waals surface area contributed by atoms with Gasteiger partial charge in [-0.1, -0.05) is 30.3 Å². The van der Waals surface area contributed by atoms with Crippen LogP contribution in [-0.2, 0) is 11.3 Å². The van der Waals surface area contributed by atoms with Crippen molar-refractivity contribution < 1.29 is 35.0 Å². The van der Waals surface area contributed by atoms with E-state index in [-0.39, 0.29) is 6.61 Å². The van der Waals surface area contributed by atoms with Crippen LogP contribution in [0, 0.1) is 0 Å². The summed E-state index contributed by atoms with van der Waals surface area (Å²) < 4.78 is 10.9. The second-order valence-electron chi connectivity index (χ2n) is 6.20. The van der Waals surface area contributed by atoms with E-state index in [1.165, 1.54) is 0 Å². The number of hydrogen-bond acceptors (Lipinski definition) is 7. The van der Waals surface area contributed by atoms with Gasteiger partial charge in [-0.3, -0.25) is 0 Å². The smallest absolute Gasteiger partial charge is 0.229 e. The molecule has 1 saturated heterocycles. The minimum absolute atomic E-state index is 0.0356. The Morgan fingerprint density at radius 2 is 1.58 bits per heavy atom. The van der Waals surface area contributed by atoms with E-state index in [9.17, 15) is 25.5 Å². The summed E-state index contributed by atoms with van der Waals surface area (Å²) in [4.78, 5) is 0. The molecule has 0 radical (unpaired) electrons. The first-order valence-corrected chi connectivity index (χ1v) is 8.31. The highest BCUT2D eigenvalue weighted by molar-refractivity contribution is 5.64. The summed E-state index contributed by atoms with van der Waals surface area (Å²) in [6, 6.07) is 14.5. The predicted molar refractivity (Wildman–Crippen MR) is 92.2 cm³/mol. The third-order valence-corrected chi connectivity index (χ3v) is 4.40. The summed E-state index contributed by atoms with van der Waals surface area (Å²) in [7, 11) is 0. The lowest BCUT2D eigenvalue weighted by molar-refractivity contribution is -0.277. The van der Waals surface area contributed by atoms with Gasteiger partial charge >= 0.3 is 0 Å². The van der Waals surface area contributed by atoms with E-state index in [4.69, 9.17) is 9.47 Å². The number of benzene rings is 2. The number of aliphatic hydroxyl groups is 5. The fourth-order valence-corrected chi connectivity index (χ4v) is 2.87. The van der Waals surface area contributed by atoms with E-state index in [0.29, 0.717) is 5.75 Å². The van der Waals surface area contributed by atoms with Crippen LogP contribution < -0.4 is 4.74 Å². The van der Waals surface area contributed by atoms with Gasteiger partial charge in [0.15, 0.2) is 0 Å². The molecule has 3 rings (SSSR count). The maximum Gasteiger partial charge on any atom is 0.229 e. The fourth-order valence-electron chi connectivity index (χ4n) is 2.87. The molecule has 0 spiro atoms. The van der Waals surface area contributed by atoms with Gasteiger partial charge in [0.05, 0.1) is 13.2 Å². The average molecular weight is 362 g/mol. The molecule has 26 heavy (non-hydrogen) atoms. The summed E-state index contributed by atoms with van der Waals surface area (Å²) in [5, 5.41) is 48.0. The Morgan fingerprint density at radius 1 is 0.846 bits per heavy atom. The van der Waals surface area contributed by atoms with Gasteiger partial charge in [-0.2, -0.15) is 0 Å². The van der Waals surface area contributed by atoms with Crippen molar-refractivity contribution in [1.82, 2.24) is 0 Å². The standard InChI is InChI=1S/C19H22O7/c20-9-11-2-1-3-13(8-11)12-4-6-14(7-5-12)25-19-18(24)17(23)16(22)15(10-21)26-19/h1-8,15-24H,9-10H2/t15-,16-,17+,18+,19+/m1/s1. The van der Waals surface area contributed by atoms with Crippen molar-refractivity contribution in [2.45, 2.75) is 37.3 Å². The largest absolute Gasteiger partial charge is 0.462 e. The molecule has 5 N–H and O–H groups in total. The zero-order valence-electron chi connectivity index (χ0n) is 14.0. The number of hydrogen-bond donors (Lipinski definition) is 5. The zero-order chi connectivity index (χ0) is 18.7. The molecule has 7 heteroatoms. The van der Waals surface area contributed by atoms with E-state index in [2.05, 4.69) is 0 Å². The Labute approximate surface area is 150 Å². The maximum atomic E-state index is 10.0. The summed E-state index contributed by atoms with van der Waals surface area (Å²) >= 11 is 0. The Balaban J connectivity index is 1.72. The lowest BCUT2D eigenvalue weighted by Gasteiger charge is -2.39. The molecule has 5 atom stereocenters. The van der Waals surface area contributed by atoms with Crippen LogP contribution >= 0.6 is 0 Å². The molecule has 140 valence electrons. The quantitative estimate of drug-likeness (QED) is 0.509. The molecule has 1 aliphatic heterocycles. The van der Waals surface area contributed by atoms with E-state index in [1.54, 1.807) is 12.1 Å². The first kappa shape index (κ1) is 18.8. The highest BCUT2D eigenvalue weighted by Crippen LogP contribution is 2.27. The first-order valence-electron chi connectivity index (χ1n) is 8.31. The molecular weight excluding hydrogens is 340 g/mol. The van der Waals surface area contributed by atoms with Gasteiger partial charge in [0.1, 0.15) is 30.2 Å². The molecule has 0 bridgehead atoms. The van der Waals surface area contributed by atoms with Gasteiger partial charge in [-0.15, -0.1) is 0 Å². The third kappa shape index (κ3) is 3.88. The van der Waals surface area contributed by atoms with E-state index >= 15 is 0 Å². The number of ether oxygens (including phenoxy) is 2. The molecule has 1 heterocycles. The van der Waals surface area contributed by atoms with Crippen molar-refractivity contribution in [3.8, 4) is 16.9 Å². The van der Waals surface area contributed by atoms with Crippen LogP contribution in [0.3, 0.4) is 0 Å². The highest BCUT2D eigenvalue weighted by atomic mass is 16.7. The van der Waals surface area contributed by atoms with Gasteiger partial charge in [-0.25, -0.2) is 0 Å². The Hall–Kier alpha value is -2.00. The van der Waals surface area contributed by atoms with Crippen molar-refractivity contribution in [1.29, 1.82) is 0 Å². The van der Waals surface area contributed by atoms with Crippen molar-refractivity contribution in [3.63, 3.8) is 0 Å². The number of rotatable bonds is 5. The highest BCUT2D eigenvalue weighted by Gasteiger charge is 2.44. The summed E-state index contributed by atoms with van der Waals surface area (Å²) in [5.41, 5.74) is 2.67. The van der Waals surface area contributed by atoms with Crippen molar-refractivity contribution in [2.24, 2.45) is 0 Å². The van der Waals surface area contributed by atoms with Gasteiger partial charge in [0.25, 0.3) is 0 Å². The Kier molecular flexibility index (Phi) is 5.87. The fraction of sp³-hybridized carbons (Fsp3) is 0.368. The molecule has 0 saturated carbocycles. The lowest BCUT2D eigenvalue weighted by Crippen LogP contribution is -2.60. The van der Waals surface area contributed by atoms with Crippen molar-refractivity contribution in [3.05, 3.63) is 54.1 Å². The summed E-state index contributed by atoms with van der Waals surface area (Å²) in [6.07, 6.45) is -6.58. The van der Waals surface area contributed by atoms with Crippen LogP contribution in [0.25, 0.3) is 11.1 Å². The average Bonchev–Trinajstić information content (AvgIpc) is 2.69. The topological polar surface area (TPSA) is 120 Å². The molecule has 1 aliphatic rings. The normalized spacial score (nSPS) is 28.7. The molecule has 2 aromatic carbocycles. The summed E-state index contributed by atoms with van der Waals surface area (Å²) in [5.74, 6) is 0.399. The predicted octanol–water partition coefficient (Wildman–Crippen LogP) is 0.0246. The Morgan fingerprint density at radius 3 is 2.23 bits per heavy atom. The summed E-state index contributed by atoms with van der Waals surface area (Å²) in [6.45, 7) is -0.545. The van der Waals surface area contributed by atoms with Crippen LogP contribution in [-0.4, -0.2) is 62.8 Å². The lowest BCUT2D eigenvalue weighted by atomic mass is 9.99. The monoisotopic (exact) mass is 362 g/mol. The molecule has 0 aliphatic carbocycles. The van der Waals surface area contributed by atoms with E-state index < -0.39 is 37.3 Å². The van der Waals surface area contributed by atoms with Crippen LogP contribution in [0.1, 0.15) is 5.56 Å². The molecule has 0 aromatic heterocycles. The van der Waals surface area contributed by atoms with Crippen LogP contribution in [0.15, 0.2) is 48.5 Å². The maximum absolute atomic E-state index is 10.0. The second kappa shape index (κ2) is 8.13. The van der Waals surface area contributed by atoms with E-state index in [1.807, 2.05) is 36.4 Å². The number of aliphatic hydroxyl groups excluding tert-OH is 5. The second-order valence-corrected chi connectivity index (χ2v) is 6.20. The Bertz CT molecular complexity index is 716. The molecule has 0 amide bonds. The minimum Gasteiger partial charge on any atom is -0.462 e. The van der Waals surface area contributed by atoms with Gasteiger partial charge < -0.3 is 35.0 Å². The molecule has 2 aromatic rings. The van der Waals surface area contributed by atoms with Gasteiger partial charge in [-0.05, 0) is 34.9 Å². The van der Waals surface area contributed by atoms with E-state index in [0.717, 1.165) is 16.7 Å². The van der Waals surface area contributed by atoms with Crippen LogP contribution in [0.4, 0.5) is 0 Å². The SMILES string of the molecule is OCc1cccc(-c2ccc(O[C@H]3O[C@H](CO)[C@@H](O)[C@H](O)[C@@H]3O)cc2)c1. The molecule has 1 fully saturated rings. The first-order chi connectivity index (χ1) is 12.5. The van der Waals surface area contributed by atoms with Crippen LogP contribution in [0.5, 0.6) is 5.75 Å². The van der Waals surface area contributed by atoms with Gasteiger partial charge in [0, 0.05) is 0 Å². The van der Waals surface area contributed by atoms with Crippen LogP contribution in [0.2, 0.25) is 0 Å². The molecule has 0 unspecified atom stereocenters. The molecular formula is C19H22O7. The van der Waals surface area contributed by atoms with Crippen molar-refractivity contribution in [2.75, 3.05) is 6.61 Å². The van der Waals surface area contributed by atoms with Gasteiger partial charge in [0.2, 0.25) is 6.29 Å². The van der Waals surface area contributed by atoms with Crippen molar-refractivity contribution >= 4 is 0 Å². The molecule has 7 nitrogen and oxygen atoms in total. The zero-order valence-corrected chi connectivity index (χ0v) is 14.0. The minimum atomic E-state index is -1.48. The third-order valence-electron chi connectivity index (χ3n) is 4.40.